The van der Waals surface area contributed by atoms with Crippen molar-refractivity contribution in [1.82, 2.24) is 4.98 Å². The van der Waals surface area contributed by atoms with Gasteiger partial charge in [0.25, 0.3) is 0 Å². The van der Waals surface area contributed by atoms with Gasteiger partial charge in [0.05, 0.1) is 36.4 Å². The summed E-state index contributed by atoms with van der Waals surface area (Å²) in [7, 11) is 1.33. The van der Waals surface area contributed by atoms with E-state index in [0.717, 1.165) is 29.7 Å². The zero-order valence-electron chi connectivity index (χ0n) is 11.6. The average molecular weight is 307 g/mol. The molecule has 0 saturated carbocycles. The third kappa shape index (κ3) is 2.66. The SMILES string of the molecule is COC(=O)c1cnc2ccc(N3CCOCC3)cc2c1Cl. The second-order valence-corrected chi connectivity index (χ2v) is 5.16. The van der Waals surface area contributed by atoms with Gasteiger partial charge in [-0.1, -0.05) is 11.6 Å². The molecule has 5 nitrogen and oxygen atoms in total. The lowest BCUT2D eigenvalue weighted by Gasteiger charge is -2.29. The largest absolute Gasteiger partial charge is 0.465 e. The van der Waals surface area contributed by atoms with E-state index in [1.54, 1.807) is 0 Å². The molecule has 1 aromatic heterocycles. The Morgan fingerprint density at radius 1 is 1.38 bits per heavy atom. The van der Waals surface area contributed by atoms with E-state index in [2.05, 4.69) is 9.88 Å². The number of pyridine rings is 1. The van der Waals surface area contributed by atoms with Crippen LogP contribution < -0.4 is 4.90 Å². The Balaban J connectivity index is 2.06. The average Bonchev–Trinajstić information content (AvgIpc) is 2.55. The fourth-order valence-corrected chi connectivity index (χ4v) is 2.70. The molecule has 2 aromatic rings. The van der Waals surface area contributed by atoms with Gasteiger partial charge in [-0.15, -0.1) is 0 Å². The molecule has 0 spiro atoms. The first-order chi connectivity index (χ1) is 10.2. The second-order valence-electron chi connectivity index (χ2n) is 4.78. The van der Waals surface area contributed by atoms with Crippen molar-refractivity contribution in [3.8, 4) is 0 Å². The first-order valence-electron chi connectivity index (χ1n) is 6.70. The molecule has 6 heteroatoms. The zero-order chi connectivity index (χ0) is 14.8. The molecule has 1 aliphatic rings. The van der Waals surface area contributed by atoms with Crippen molar-refractivity contribution in [2.75, 3.05) is 38.3 Å². The topological polar surface area (TPSA) is 51.7 Å². The van der Waals surface area contributed by atoms with Gasteiger partial charge in [0.15, 0.2) is 0 Å². The van der Waals surface area contributed by atoms with Crippen molar-refractivity contribution < 1.29 is 14.3 Å². The van der Waals surface area contributed by atoms with Crippen LogP contribution in [0.4, 0.5) is 5.69 Å². The molecule has 110 valence electrons. The maximum atomic E-state index is 11.7. The summed E-state index contributed by atoms with van der Waals surface area (Å²) in [5, 5.41) is 1.13. The number of esters is 1. The summed E-state index contributed by atoms with van der Waals surface area (Å²) >= 11 is 6.34. The molecule has 0 bridgehead atoms. The number of carbonyl (C=O) groups is 1. The molecule has 2 heterocycles. The second kappa shape index (κ2) is 5.87. The number of methoxy groups -OCH3 is 1. The molecule has 0 N–H and O–H groups in total. The highest BCUT2D eigenvalue weighted by atomic mass is 35.5. The first-order valence-corrected chi connectivity index (χ1v) is 7.08. The fraction of sp³-hybridized carbons (Fsp3) is 0.333. The summed E-state index contributed by atoms with van der Waals surface area (Å²) in [6, 6.07) is 5.88. The number of halogens is 1. The number of benzene rings is 1. The zero-order valence-corrected chi connectivity index (χ0v) is 12.4. The lowest BCUT2D eigenvalue weighted by Crippen LogP contribution is -2.36. The van der Waals surface area contributed by atoms with Gasteiger partial charge in [-0.3, -0.25) is 4.98 Å². The normalized spacial score (nSPS) is 15.2. The summed E-state index contributed by atoms with van der Waals surface area (Å²) in [5.41, 5.74) is 2.09. The van der Waals surface area contributed by atoms with Gasteiger partial charge in [0.2, 0.25) is 0 Å². The number of hydrogen-bond donors (Lipinski definition) is 0. The minimum Gasteiger partial charge on any atom is -0.465 e. The van der Waals surface area contributed by atoms with Crippen molar-refractivity contribution in [2.45, 2.75) is 0 Å². The van der Waals surface area contributed by atoms with Gasteiger partial charge in [-0.05, 0) is 18.2 Å². The number of carbonyl (C=O) groups excluding carboxylic acids is 1. The quantitative estimate of drug-likeness (QED) is 0.798. The van der Waals surface area contributed by atoms with E-state index in [9.17, 15) is 4.79 Å². The van der Waals surface area contributed by atoms with Crippen LogP contribution in [-0.2, 0) is 9.47 Å². The maximum Gasteiger partial charge on any atom is 0.340 e. The van der Waals surface area contributed by atoms with Gasteiger partial charge in [0, 0.05) is 30.4 Å². The molecule has 1 fully saturated rings. The van der Waals surface area contributed by atoms with Crippen molar-refractivity contribution in [2.24, 2.45) is 0 Å². The van der Waals surface area contributed by atoms with Crippen molar-refractivity contribution in [1.29, 1.82) is 0 Å². The van der Waals surface area contributed by atoms with Crippen LogP contribution in [0.15, 0.2) is 24.4 Å². The van der Waals surface area contributed by atoms with Gasteiger partial charge < -0.3 is 14.4 Å². The molecule has 1 aromatic carbocycles. The molecule has 21 heavy (non-hydrogen) atoms. The van der Waals surface area contributed by atoms with Crippen LogP contribution in [-0.4, -0.2) is 44.4 Å². The molecule has 1 saturated heterocycles. The number of nitrogens with zero attached hydrogens (tertiary/aromatic N) is 2. The highest BCUT2D eigenvalue weighted by Gasteiger charge is 2.16. The highest BCUT2D eigenvalue weighted by Crippen LogP contribution is 2.30. The van der Waals surface area contributed by atoms with E-state index >= 15 is 0 Å². The first kappa shape index (κ1) is 14.1. The smallest absolute Gasteiger partial charge is 0.340 e. The van der Waals surface area contributed by atoms with Crippen LogP contribution in [0.1, 0.15) is 10.4 Å². The third-order valence-electron chi connectivity index (χ3n) is 3.57. The summed E-state index contributed by atoms with van der Waals surface area (Å²) in [5.74, 6) is -0.480. The molecular formula is C15H15ClN2O3. The Kier molecular flexibility index (Phi) is 3.94. The van der Waals surface area contributed by atoms with E-state index in [1.165, 1.54) is 13.3 Å². The number of morpholine rings is 1. The van der Waals surface area contributed by atoms with Crippen molar-refractivity contribution >= 4 is 34.2 Å². The van der Waals surface area contributed by atoms with Crippen molar-refractivity contribution in [3.05, 3.63) is 35.0 Å². The molecule has 0 unspecified atom stereocenters. The van der Waals surface area contributed by atoms with Crippen LogP contribution in [0.3, 0.4) is 0 Å². The van der Waals surface area contributed by atoms with Gasteiger partial charge in [-0.25, -0.2) is 4.79 Å². The van der Waals surface area contributed by atoms with E-state index in [-0.39, 0.29) is 5.56 Å². The van der Waals surface area contributed by atoms with Crippen LogP contribution >= 0.6 is 11.6 Å². The lowest BCUT2D eigenvalue weighted by molar-refractivity contribution is 0.0600. The van der Waals surface area contributed by atoms with Crippen LogP contribution in [0.5, 0.6) is 0 Å². The summed E-state index contributed by atoms with van der Waals surface area (Å²) in [4.78, 5) is 18.2. The number of ether oxygens (including phenoxy) is 2. The minimum atomic E-state index is -0.480. The van der Waals surface area contributed by atoms with E-state index in [1.807, 2.05) is 18.2 Å². The van der Waals surface area contributed by atoms with E-state index in [4.69, 9.17) is 21.1 Å². The van der Waals surface area contributed by atoms with Crippen LogP contribution in [0.2, 0.25) is 5.02 Å². The number of hydrogen-bond acceptors (Lipinski definition) is 5. The van der Waals surface area contributed by atoms with Crippen LogP contribution in [0.25, 0.3) is 10.9 Å². The molecule has 0 amide bonds. The predicted octanol–water partition coefficient (Wildman–Crippen LogP) is 2.51. The number of anilines is 1. The number of rotatable bonds is 2. The summed E-state index contributed by atoms with van der Waals surface area (Å²) in [6.45, 7) is 3.11. The predicted molar refractivity (Wildman–Crippen MR) is 81.1 cm³/mol. The molecule has 3 rings (SSSR count). The Morgan fingerprint density at radius 3 is 2.86 bits per heavy atom. The molecule has 1 aliphatic heterocycles. The summed E-state index contributed by atoms with van der Waals surface area (Å²) in [6.07, 6.45) is 1.45. The Morgan fingerprint density at radius 2 is 2.14 bits per heavy atom. The van der Waals surface area contributed by atoms with Crippen LogP contribution in [0, 0.1) is 0 Å². The van der Waals surface area contributed by atoms with Gasteiger partial charge >= 0.3 is 5.97 Å². The highest BCUT2D eigenvalue weighted by molar-refractivity contribution is 6.38. The molecule has 0 atom stereocenters. The third-order valence-corrected chi connectivity index (χ3v) is 3.97. The monoisotopic (exact) mass is 306 g/mol. The standard InChI is InChI=1S/C15H15ClN2O3/c1-20-15(19)12-9-17-13-3-2-10(8-11(13)14(12)16)18-4-6-21-7-5-18/h2-3,8-9H,4-7H2,1H3. The number of aromatic nitrogens is 1. The van der Waals surface area contributed by atoms with Gasteiger partial charge in [0.1, 0.15) is 0 Å². The summed E-state index contributed by atoms with van der Waals surface area (Å²) < 4.78 is 10.1. The number of fused-ring (bicyclic) bond motifs is 1. The fourth-order valence-electron chi connectivity index (χ4n) is 2.42. The Hall–Kier alpha value is -1.85. The molecular weight excluding hydrogens is 292 g/mol. The Bertz CT molecular complexity index is 684. The van der Waals surface area contributed by atoms with E-state index in [0.29, 0.717) is 18.2 Å². The lowest BCUT2D eigenvalue weighted by atomic mass is 10.1. The minimum absolute atomic E-state index is 0.283. The molecule has 0 aliphatic carbocycles. The molecule has 0 radical (unpaired) electrons. The van der Waals surface area contributed by atoms with Gasteiger partial charge in [-0.2, -0.15) is 0 Å². The van der Waals surface area contributed by atoms with E-state index < -0.39 is 5.97 Å². The maximum absolute atomic E-state index is 11.7. The Labute approximate surface area is 127 Å². The van der Waals surface area contributed by atoms with Crippen molar-refractivity contribution in [3.63, 3.8) is 0 Å².